The molecule has 1 N–H and O–H groups in total. The van der Waals surface area contributed by atoms with Crippen LogP contribution < -0.4 is 4.57 Å². The maximum absolute atomic E-state index is 8.49. The van der Waals surface area contributed by atoms with Crippen LogP contribution >= 0.6 is 0 Å². The molecule has 0 saturated heterocycles. The van der Waals surface area contributed by atoms with Crippen LogP contribution in [0, 0.1) is 6.92 Å². The predicted molar refractivity (Wildman–Crippen MR) is 49.3 cm³/mol. The fraction of sp³-hybridized carbons (Fsp3) is 0.500. The largest absolute Gasteiger partial charge is 0.394 e. The molecule has 0 bridgehead atoms. The number of hydrogen-bond acceptors (Lipinski definition) is 2. The summed E-state index contributed by atoms with van der Waals surface area (Å²) in [6.07, 6.45) is 2.03. The fourth-order valence-electron chi connectivity index (χ4n) is 1.14. The molecule has 0 aliphatic carbocycles. The van der Waals surface area contributed by atoms with E-state index in [0.29, 0.717) is 13.2 Å². The maximum atomic E-state index is 8.49. The number of aliphatic hydroxyl groups is 1. The number of aliphatic hydroxyl groups excluding tert-OH is 1. The van der Waals surface area contributed by atoms with Gasteiger partial charge in [-0.3, -0.25) is 0 Å². The van der Waals surface area contributed by atoms with Crippen LogP contribution in [0.2, 0.25) is 0 Å². The molecule has 0 radical (unpaired) electrons. The van der Waals surface area contributed by atoms with Crippen LogP contribution in [0.5, 0.6) is 0 Å². The van der Waals surface area contributed by atoms with Gasteiger partial charge >= 0.3 is 0 Å². The Morgan fingerprint density at radius 3 is 2.92 bits per heavy atom. The fourth-order valence-corrected chi connectivity index (χ4v) is 1.14. The zero-order valence-corrected chi connectivity index (χ0v) is 7.94. The van der Waals surface area contributed by atoms with Gasteiger partial charge in [0.25, 0.3) is 0 Å². The molecule has 3 heteroatoms. The Bertz CT molecular complexity index is 250. The highest BCUT2D eigenvalue weighted by atomic mass is 16.5. The molecule has 0 unspecified atom stereocenters. The van der Waals surface area contributed by atoms with Gasteiger partial charge in [0.05, 0.1) is 13.2 Å². The third-order valence-corrected chi connectivity index (χ3v) is 1.88. The number of ether oxygens (including phenoxy) is 1. The van der Waals surface area contributed by atoms with Gasteiger partial charge in [0, 0.05) is 19.1 Å². The molecule has 1 aromatic rings. The van der Waals surface area contributed by atoms with Crippen molar-refractivity contribution in [3.8, 4) is 0 Å². The molecule has 0 amide bonds. The summed E-state index contributed by atoms with van der Waals surface area (Å²) >= 11 is 0. The van der Waals surface area contributed by atoms with E-state index in [4.69, 9.17) is 9.84 Å². The standard InChI is InChI=1S/C10H16NO2/c1-10-4-2-3-5-11(10)6-8-13-9-7-12/h2-5,12H,6-9H2,1H3/q+1. The first-order valence-electron chi connectivity index (χ1n) is 4.48. The van der Waals surface area contributed by atoms with Crippen molar-refractivity contribution in [2.45, 2.75) is 13.5 Å². The number of rotatable bonds is 5. The molecular formula is C10H16NO2+. The molecule has 0 saturated carbocycles. The minimum Gasteiger partial charge on any atom is -0.394 e. The predicted octanol–water partition coefficient (Wildman–Crippen LogP) is 0.291. The van der Waals surface area contributed by atoms with Crippen LogP contribution in [0.1, 0.15) is 5.69 Å². The summed E-state index contributed by atoms with van der Waals surface area (Å²) in [5.74, 6) is 0. The van der Waals surface area contributed by atoms with Crippen molar-refractivity contribution in [1.29, 1.82) is 0 Å². The lowest BCUT2D eigenvalue weighted by Gasteiger charge is -2.00. The van der Waals surface area contributed by atoms with E-state index in [1.54, 1.807) is 0 Å². The average molecular weight is 182 g/mol. The first kappa shape index (κ1) is 10.2. The topological polar surface area (TPSA) is 33.3 Å². The summed E-state index contributed by atoms with van der Waals surface area (Å²) in [5, 5.41) is 8.49. The third kappa shape index (κ3) is 3.53. The zero-order chi connectivity index (χ0) is 9.52. The number of hydrogen-bond donors (Lipinski definition) is 1. The molecule has 3 nitrogen and oxygen atoms in total. The third-order valence-electron chi connectivity index (χ3n) is 1.88. The van der Waals surface area contributed by atoms with E-state index in [1.165, 1.54) is 5.69 Å². The summed E-state index contributed by atoms with van der Waals surface area (Å²) in [6, 6.07) is 6.07. The Labute approximate surface area is 78.6 Å². The van der Waals surface area contributed by atoms with E-state index in [1.807, 2.05) is 18.3 Å². The van der Waals surface area contributed by atoms with Gasteiger partial charge in [-0.2, -0.15) is 0 Å². The Kier molecular flexibility index (Phi) is 4.43. The molecular weight excluding hydrogens is 166 g/mol. The minimum absolute atomic E-state index is 0.0957. The number of aryl methyl sites for hydroxylation is 1. The first-order valence-corrected chi connectivity index (χ1v) is 4.48. The second-order valence-electron chi connectivity index (χ2n) is 2.87. The van der Waals surface area contributed by atoms with E-state index in [9.17, 15) is 0 Å². The van der Waals surface area contributed by atoms with Crippen molar-refractivity contribution in [2.75, 3.05) is 19.8 Å². The highest BCUT2D eigenvalue weighted by molar-refractivity contribution is 4.93. The van der Waals surface area contributed by atoms with Crippen LogP contribution in [-0.4, -0.2) is 24.9 Å². The maximum Gasteiger partial charge on any atom is 0.178 e. The molecule has 0 aromatic carbocycles. The molecule has 0 spiro atoms. The highest BCUT2D eigenvalue weighted by Crippen LogP contribution is 1.87. The molecule has 72 valence electrons. The van der Waals surface area contributed by atoms with Gasteiger partial charge in [-0.05, 0) is 0 Å². The normalized spacial score (nSPS) is 10.3. The van der Waals surface area contributed by atoms with Crippen LogP contribution in [0.3, 0.4) is 0 Å². The van der Waals surface area contributed by atoms with Gasteiger partial charge in [0.1, 0.15) is 6.61 Å². The molecule has 0 atom stereocenters. The van der Waals surface area contributed by atoms with Gasteiger partial charge in [-0.15, -0.1) is 0 Å². The Hall–Kier alpha value is -0.930. The van der Waals surface area contributed by atoms with Gasteiger partial charge < -0.3 is 9.84 Å². The van der Waals surface area contributed by atoms with Gasteiger partial charge in [0.15, 0.2) is 18.4 Å². The summed E-state index contributed by atoms with van der Waals surface area (Å²) in [5.41, 5.74) is 1.22. The van der Waals surface area contributed by atoms with Gasteiger partial charge in [-0.1, -0.05) is 6.07 Å². The van der Waals surface area contributed by atoms with E-state index in [0.717, 1.165) is 6.54 Å². The van der Waals surface area contributed by atoms with Crippen molar-refractivity contribution in [3.63, 3.8) is 0 Å². The summed E-state index contributed by atoms with van der Waals surface area (Å²) in [4.78, 5) is 0. The molecule has 1 heterocycles. The molecule has 0 aliphatic heterocycles. The number of aromatic nitrogens is 1. The first-order chi connectivity index (χ1) is 6.34. The van der Waals surface area contributed by atoms with E-state index >= 15 is 0 Å². The van der Waals surface area contributed by atoms with Crippen molar-refractivity contribution < 1.29 is 14.4 Å². The summed E-state index contributed by atoms with van der Waals surface area (Å²) in [7, 11) is 0. The van der Waals surface area contributed by atoms with Crippen LogP contribution in [0.4, 0.5) is 0 Å². The van der Waals surface area contributed by atoms with Gasteiger partial charge in [-0.25, -0.2) is 4.57 Å². The Morgan fingerprint density at radius 2 is 2.23 bits per heavy atom. The minimum atomic E-state index is 0.0957. The smallest absolute Gasteiger partial charge is 0.178 e. The lowest BCUT2D eigenvalue weighted by molar-refractivity contribution is -0.704. The highest BCUT2D eigenvalue weighted by Gasteiger charge is 2.02. The van der Waals surface area contributed by atoms with E-state index < -0.39 is 0 Å². The van der Waals surface area contributed by atoms with Crippen LogP contribution in [-0.2, 0) is 11.3 Å². The summed E-state index contributed by atoms with van der Waals surface area (Å²) in [6.45, 7) is 4.07. The van der Waals surface area contributed by atoms with Crippen LogP contribution in [0.25, 0.3) is 0 Å². The Balaban J connectivity index is 2.32. The summed E-state index contributed by atoms with van der Waals surface area (Å²) < 4.78 is 7.29. The number of pyridine rings is 1. The molecule has 1 rings (SSSR count). The second kappa shape index (κ2) is 5.67. The van der Waals surface area contributed by atoms with Gasteiger partial charge in [0.2, 0.25) is 0 Å². The lowest BCUT2D eigenvalue weighted by atomic mass is 10.3. The molecule has 0 aliphatic rings. The SMILES string of the molecule is Cc1cccc[n+]1CCOCCO. The second-order valence-corrected chi connectivity index (χ2v) is 2.87. The number of nitrogens with zero attached hydrogens (tertiary/aromatic N) is 1. The van der Waals surface area contributed by atoms with Crippen molar-refractivity contribution in [2.24, 2.45) is 0 Å². The lowest BCUT2D eigenvalue weighted by Crippen LogP contribution is -2.38. The van der Waals surface area contributed by atoms with Crippen molar-refractivity contribution >= 4 is 0 Å². The van der Waals surface area contributed by atoms with Crippen molar-refractivity contribution in [3.05, 3.63) is 30.1 Å². The molecule has 13 heavy (non-hydrogen) atoms. The van der Waals surface area contributed by atoms with Crippen LogP contribution in [0.15, 0.2) is 24.4 Å². The Morgan fingerprint density at radius 1 is 1.38 bits per heavy atom. The van der Waals surface area contributed by atoms with Crippen molar-refractivity contribution in [1.82, 2.24) is 0 Å². The quantitative estimate of drug-likeness (QED) is 0.524. The van der Waals surface area contributed by atoms with E-state index in [2.05, 4.69) is 17.6 Å². The monoisotopic (exact) mass is 182 g/mol. The zero-order valence-electron chi connectivity index (χ0n) is 7.94. The molecule has 0 fully saturated rings. The van der Waals surface area contributed by atoms with E-state index in [-0.39, 0.29) is 6.61 Å². The average Bonchev–Trinajstić information content (AvgIpc) is 2.15. The molecule has 1 aromatic heterocycles.